The molecular formula is C12H7Br2N3S. The topological polar surface area (TPSA) is 33.6 Å². The summed E-state index contributed by atoms with van der Waals surface area (Å²) in [6.45, 7) is 0. The number of imidazole rings is 1. The van der Waals surface area contributed by atoms with Crippen LogP contribution in [0, 0.1) is 4.77 Å². The van der Waals surface area contributed by atoms with Gasteiger partial charge in [0.25, 0.3) is 0 Å². The fourth-order valence-corrected chi connectivity index (χ4v) is 2.84. The fraction of sp³-hybridized carbons (Fsp3) is 0. The van der Waals surface area contributed by atoms with Crippen LogP contribution in [0.5, 0.6) is 0 Å². The lowest BCUT2D eigenvalue weighted by Crippen LogP contribution is -1.95. The molecule has 0 atom stereocenters. The summed E-state index contributed by atoms with van der Waals surface area (Å²) in [5.74, 6) is 0. The molecular weight excluding hydrogens is 378 g/mol. The van der Waals surface area contributed by atoms with Crippen molar-refractivity contribution in [3.63, 3.8) is 0 Å². The molecule has 18 heavy (non-hydrogen) atoms. The quantitative estimate of drug-likeness (QED) is 0.621. The van der Waals surface area contributed by atoms with Crippen molar-refractivity contribution in [2.24, 2.45) is 0 Å². The summed E-state index contributed by atoms with van der Waals surface area (Å²) in [5.41, 5.74) is 2.71. The Balaban J connectivity index is 2.35. The lowest BCUT2D eigenvalue weighted by molar-refractivity contribution is 1.04. The maximum Gasteiger partial charge on any atom is 0.183 e. The van der Waals surface area contributed by atoms with Gasteiger partial charge in [0.15, 0.2) is 10.4 Å². The van der Waals surface area contributed by atoms with Crippen LogP contribution in [-0.4, -0.2) is 14.5 Å². The van der Waals surface area contributed by atoms with E-state index < -0.39 is 0 Å². The average molecular weight is 385 g/mol. The third-order valence-electron chi connectivity index (χ3n) is 2.56. The van der Waals surface area contributed by atoms with Crippen molar-refractivity contribution in [1.82, 2.24) is 14.5 Å². The number of H-pyrrole nitrogens is 1. The van der Waals surface area contributed by atoms with Gasteiger partial charge in [-0.25, -0.2) is 4.98 Å². The molecule has 1 N–H and O–H groups in total. The van der Waals surface area contributed by atoms with Gasteiger partial charge in [-0.1, -0.05) is 22.0 Å². The zero-order valence-corrected chi connectivity index (χ0v) is 13.0. The second-order valence-corrected chi connectivity index (χ2v) is 5.99. The molecule has 90 valence electrons. The molecule has 0 aliphatic rings. The predicted octanol–water partition coefficient (Wildman–Crippen LogP) is 4.61. The molecule has 1 aromatic carbocycles. The highest BCUT2D eigenvalue weighted by molar-refractivity contribution is 9.10. The number of pyridine rings is 1. The van der Waals surface area contributed by atoms with Crippen LogP contribution in [0.2, 0.25) is 0 Å². The summed E-state index contributed by atoms with van der Waals surface area (Å²) in [5, 5.41) is 0. The number of aromatic amines is 1. The number of benzene rings is 1. The van der Waals surface area contributed by atoms with Crippen LogP contribution in [-0.2, 0) is 0 Å². The second-order valence-electron chi connectivity index (χ2n) is 3.77. The number of nitrogens with zero attached hydrogens (tertiary/aromatic N) is 2. The van der Waals surface area contributed by atoms with E-state index >= 15 is 0 Å². The van der Waals surface area contributed by atoms with Gasteiger partial charge in [0.05, 0.1) is 11.2 Å². The minimum absolute atomic E-state index is 0.633. The van der Waals surface area contributed by atoms with Crippen molar-refractivity contribution >= 4 is 55.2 Å². The van der Waals surface area contributed by atoms with Gasteiger partial charge < -0.3 is 4.98 Å². The van der Waals surface area contributed by atoms with Crippen molar-refractivity contribution in [3.8, 4) is 5.69 Å². The first-order chi connectivity index (χ1) is 8.65. The van der Waals surface area contributed by atoms with Crippen LogP contribution in [0.15, 0.2) is 45.5 Å². The first-order valence-electron chi connectivity index (χ1n) is 5.17. The van der Waals surface area contributed by atoms with Gasteiger partial charge in [0.1, 0.15) is 0 Å². The number of rotatable bonds is 1. The van der Waals surface area contributed by atoms with E-state index in [1.807, 2.05) is 34.9 Å². The Hall–Kier alpha value is -0.980. The van der Waals surface area contributed by atoms with Gasteiger partial charge in [-0.3, -0.25) is 4.57 Å². The first-order valence-corrected chi connectivity index (χ1v) is 7.17. The van der Waals surface area contributed by atoms with Crippen LogP contribution in [0.4, 0.5) is 0 Å². The monoisotopic (exact) mass is 383 g/mol. The molecule has 0 spiro atoms. The van der Waals surface area contributed by atoms with E-state index in [1.54, 1.807) is 6.20 Å². The molecule has 2 aromatic heterocycles. The molecule has 0 unspecified atom stereocenters. The number of hydrogen-bond acceptors (Lipinski definition) is 2. The van der Waals surface area contributed by atoms with Crippen molar-refractivity contribution in [1.29, 1.82) is 0 Å². The summed E-state index contributed by atoms with van der Waals surface area (Å²) in [6, 6.07) is 9.92. The van der Waals surface area contributed by atoms with E-state index in [-0.39, 0.29) is 0 Å². The first kappa shape index (κ1) is 12.1. The SMILES string of the molecule is S=c1[nH]c2cc(Br)cnc2n1-c1cccc(Br)c1. The summed E-state index contributed by atoms with van der Waals surface area (Å²) >= 11 is 12.2. The molecule has 0 amide bonds. The third-order valence-corrected chi connectivity index (χ3v) is 3.77. The van der Waals surface area contributed by atoms with Crippen LogP contribution in [0.3, 0.4) is 0 Å². The highest BCUT2D eigenvalue weighted by Crippen LogP contribution is 2.22. The molecule has 6 heteroatoms. The standard InChI is InChI=1S/C12H7Br2N3S/c13-7-2-1-3-9(4-7)17-11-10(16-12(17)18)5-8(14)6-15-11/h1-6H,(H,16,18). The number of aromatic nitrogens is 3. The Labute approximate surface area is 125 Å². The molecule has 3 aromatic rings. The molecule has 0 saturated heterocycles. The summed E-state index contributed by atoms with van der Waals surface area (Å²) in [4.78, 5) is 7.57. The van der Waals surface area contributed by atoms with E-state index in [0.29, 0.717) is 4.77 Å². The number of nitrogens with one attached hydrogen (secondary N) is 1. The lowest BCUT2D eigenvalue weighted by Gasteiger charge is -2.04. The minimum atomic E-state index is 0.633. The van der Waals surface area contributed by atoms with Gasteiger partial charge in [-0.05, 0) is 52.4 Å². The third kappa shape index (κ3) is 2.04. The summed E-state index contributed by atoms with van der Waals surface area (Å²) < 4.78 is 4.48. The van der Waals surface area contributed by atoms with E-state index in [4.69, 9.17) is 12.2 Å². The number of halogens is 2. The molecule has 3 nitrogen and oxygen atoms in total. The maximum atomic E-state index is 5.36. The van der Waals surface area contributed by atoms with E-state index in [2.05, 4.69) is 41.8 Å². The Bertz CT molecular complexity index is 791. The molecule has 2 heterocycles. The summed E-state index contributed by atoms with van der Waals surface area (Å²) in [6.07, 6.45) is 1.76. The Morgan fingerprint density at radius 2 is 2.00 bits per heavy atom. The van der Waals surface area contributed by atoms with Crippen molar-refractivity contribution < 1.29 is 0 Å². The van der Waals surface area contributed by atoms with Crippen molar-refractivity contribution in [2.45, 2.75) is 0 Å². The Kier molecular flexibility index (Phi) is 3.09. The zero-order chi connectivity index (χ0) is 12.7. The Morgan fingerprint density at radius 3 is 2.78 bits per heavy atom. The maximum absolute atomic E-state index is 5.36. The van der Waals surface area contributed by atoms with Gasteiger partial charge in [0, 0.05) is 15.1 Å². The molecule has 0 fully saturated rings. The highest BCUT2D eigenvalue weighted by Gasteiger charge is 2.08. The van der Waals surface area contributed by atoms with Gasteiger partial charge >= 0.3 is 0 Å². The number of fused-ring (bicyclic) bond motifs is 1. The van der Waals surface area contributed by atoms with Gasteiger partial charge in [0.2, 0.25) is 0 Å². The highest BCUT2D eigenvalue weighted by atomic mass is 79.9. The molecule has 0 bridgehead atoms. The van der Waals surface area contributed by atoms with Crippen LogP contribution >= 0.6 is 44.1 Å². The zero-order valence-electron chi connectivity index (χ0n) is 9.02. The number of hydrogen-bond donors (Lipinski definition) is 1. The Morgan fingerprint density at radius 1 is 1.17 bits per heavy atom. The predicted molar refractivity (Wildman–Crippen MR) is 81.7 cm³/mol. The summed E-state index contributed by atoms with van der Waals surface area (Å²) in [7, 11) is 0. The smallest absolute Gasteiger partial charge is 0.183 e. The van der Waals surface area contributed by atoms with Crippen molar-refractivity contribution in [2.75, 3.05) is 0 Å². The molecule has 0 saturated carbocycles. The largest absolute Gasteiger partial charge is 0.329 e. The molecule has 0 aliphatic carbocycles. The van der Waals surface area contributed by atoms with Crippen LogP contribution in [0.25, 0.3) is 16.9 Å². The normalized spacial score (nSPS) is 11.0. The second kappa shape index (κ2) is 4.60. The van der Waals surface area contributed by atoms with E-state index in [0.717, 1.165) is 25.8 Å². The average Bonchev–Trinajstić information content (AvgIpc) is 2.64. The lowest BCUT2D eigenvalue weighted by atomic mass is 10.3. The molecule has 3 rings (SSSR count). The minimum Gasteiger partial charge on any atom is -0.329 e. The van der Waals surface area contributed by atoms with Gasteiger partial charge in [-0.2, -0.15) is 0 Å². The van der Waals surface area contributed by atoms with Crippen LogP contribution in [0.1, 0.15) is 0 Å². The molecule has 0 radical (unpaired) electrons. The van der Waals surface area contributed by atoms with Crippen molar-refractivity contribution in [3.05, 3.63) is 50.2 Å². The van der Waals surface area contributed by atoms with E-state index in [9.17, 15) is 0 Å². The van der Waals surface area contributed by atoms with Gasteiger partial charge in [-0.15, -0.1) is 0 Å². The fourth-order valence-electron chi connectivity index (χ4n) is 1.82. The van der Waals surface area contributed by atoms with Crippen LogP contribution < -0.4 is 0 Å². The van der Waals surface area contributed by atoms with E-state index in [1.165, 1.54) is 0 Å². The molecule has 0 aliphatic heterocycles.